The summed E-state index contributed by atoms with van der Waals surface area (Å²) in [5, 5.41) is 3.26. The van der Waals surface area contributed by atoms with Crippen LogP contribution in [-0.2, 0) is 4.79 Å². The number of piperazine rings is 1. The van der Waals surface area contributed by atoms with Gasteiger partial charge in [-0.05, 0) is 12.1 Å². The molecule has 1 amide bonds. The fraction of sp³-hybridized carbons (Fsp3) is 0.500. The van der Waals surface area contributed by atoms with Gasteiger partial charge in [0.05, 0.1) is 0 Å². The molecule has 1 N–H and O–H groups in total. The van der Waals surface area contributed by atoms with E-state index < -0.39 is 0 Å². The summed E-state index contributed by atoms with van der Waals surface area (Å²) in [6.07, 6.45) is 0.589. The van der Waals surface area contributed by atoms with Crippen molar-refractivity contribution in [1.29, 1.82) is 0 Å². The number of benzene rings is 1. The first kappa shape index (κ1) is 12.9. The molecule has 1 aliphatic heterocycles. The van der Waals surface area contributed by atoms with Gasteiger partial charge in [-0.3, -0.25) is 4.79 Å². The van der Waals surface area contributed by atoms with Crippen molar-refractivity contribution >= 4 is 11.6 Å². The molecule has 1 aliphatic rings. The van der Waals surface area contributed by atoms with Crippen LogP contribution in [0.5, 0.6) is 0 Å². The van der Waals surface area contributed by atoms with Crippen LogP contribution in [0, 0.1) is 0 Å². The lowest BCUT2D eigenvalue weighted by atomic mass is 10.2. The largest absolute Gasteiger partial charge is 0.374 e. The molecule has 1 saturated heterocycles. The zero-order valence-electron chi connectivity index (χ0n) is 10.9. The van der Waals surface area contributed by atoms with Crippen LogP contribution in [0.4, 0.5) is 5.69 Å². The second-order valence-corrected chi connectivity index (χ2v) is 4.64. The van der Waals surface area contributed by atoms with E-state index in [-0.39, 0.29) is 5.91 Å². The van der Waals surface area contributed by atoms with Crippen LogP contribution in [-0.4, -0.2) is 50.6 Å². The third kappa shape index (κ3) is 3.47. The van der Waals surface area contributed by atoms with E-state index in [4.69, 9.17) is 0 Å². The Morgan fingerprint density at radius 2 is 1.94 bits per heavy atom. The van der Waals surface area contributed by atoms with Gasteiger partial charge < -0.3 is 15.1 Å². The fourth-order valence-electron chi connectivity index (χ4n) is 2.15. The van der Waals surface area contributed by atoms with E-state index in [1.54, 1.807) is 0 Å². The molecule has 4 heteroatoms. The van der Waals surface area contributed by atoms with Crippen LogP contribution in [0.15, 0.2) is 30.3 Å². The van der Waals surface area contributed by atoms with E-state index in [2.05, 4.69) is 22.3 Å². The highest BCUT2D eigenvalue weighted by Crippen LogP contribution is 2.11. The van der Waals surface area contributed by atoms with Crippen molar-refractivity contribution in [2.24, 2.45) is 0 Å². The molecule has 0 atom stereocenters. The number of amides is 1. The molecule has 0 radical (unpaired) electrons. The molecule has 1 heterocycles. The molecule has 98 valence electrons. The first-order valence-electron chi connectivity index (χ1n) is 6.52. The van der Waals surface area contributed by atoms with Gasteiger partial charge in [-0.2, -0.15) is 0 Å². The average molecular weight is 247 g/mol. The highest BCUT2D eigenvalue weighted by molar-refractivity contribution is 5.77. The number of anilines is 1. The summed E-state index contributed by atoms with van der Waals surface area (Å²) in [7, 11) is 2.03. The van der Waals surface area contributed by atoms with Gasteiger partial charge in [0.25, 0.3) is 0 Å². The molecular weight excluding hydrogens is 226 g/mol. The van der Waals surface area contributed by atoms with E-state index in [1.165, 1.54) is 0 Å². The van der Waals surface area contributed by atoms with E-state index in [0.717, 1.165) is 38.4 Å². The lowest BCUT2D eigenvalue weighted by molar-refractivity contribution is -0.131. The standard InChI is InChI=1S/C14H21N3O/c1-16(13-5-3-2-4-6-13)10-7-14(18)17-11-8-15-9-12-17/h2-6,15H,7-12H2,1H3. The Labute approximate surface area is 109 Å². The van der Waals surface area contributed by atoms with Crippen molar-refractivity contribution in [2.75, 3.05) is 44.7 Å². The quantitative estimate of drug-likeness (QED) is 0.860. The van der Waals surface area contributed by atoms with Gasteiger partial charge in [-0.25, -0.2) is 0 Å². The fourth-order valence-corrected chi connectivity index (χ4v) is 2.15. The number of hydrogen-bond acceptors (Lipinski definition) is 3. The van der Waals surface area contributed by atoms with Gasteiger partial charge in [0.2, 0.25) is 5.91 Å². The van der Waals surface area contributed by atoms with Crippen molar-refractivity contribution in [3.63, 3.8) is 0 Å². The Balaban J connectivity index is 1.78. The highest BCUT2D eigenvalue weighted by atomic mass is 16.2. The molecule has 1 aromatic carbocycles. The van der Waals surface area contributed by atoms with Crippen LogP contribution >= 0.6 is 0 Å². The lowest BCUT2D eigenvalue weighted by Crippen LogP contribution is -2.47. The number of rotatable bonds is 4. The second kappa shape index (κ2) is 6.40. The lowest BCUT2D eigenvalue weighted by Gasteiger charge is -2.28. The topological polar surface area (TPSA) is 35.6 Å². The molecule has 0 aromatic heterocycles. The zero-order chi connectivity index (χ0) is 12.8. The second-order valence-electron chi connectivity index (χ2n) is 4.64. The summed E-state index contributed by atoms with van der Waals surface area (Å²) in [4.78, 5) is 16.1. The Morgan fingerprint density at radius 3 is 2.61 bits per heavy atom. The molecule has 0 aliphatic carbocycles. The summed E-state index contributed by atoms with van der Waals surface area (Å²) < 4.78 is 0. The van der Waals surface area contributed by atoms with Crippen molar-refractivity contribution in [3.8, 4) is 0 Å². The maximum Gasteiger partial charge on any atom is 0.224 e. The molecular formula is C14H21N3O. The van der Waals surface area contributed by atoms with Gasteiger partial charge in [0, 0.05) is 51.9 Å². The van der Waals surface area contributed by atoms with Crippen molar-refractivity contribution in [3.05, 3.63) is 30.3 Å². The SMILES string of the molecule is CN(CCC(=O)N1CCNCC1)c1ccccc1. The summed E-state index contributed by atoms with van der Waals surface area (Å²) in [6, 6.07) is 10.2. The van der Waals surface area contributed by atoms with E-state index in [0.29, 0.717) is 6.42 Å². The predicted octanol–water partition coefficient (Wildman–Crippen LogP) is 0.945. The first-order valence-corrected chi connectivity index (χ1v) is 6.52. The van der Waals surface area contributed by atoms with Crippen LogP contribution in [0.1, 0.15) is 6.42 Å². The average Bonchev–Trinajstić information content (AvgIpc) is 2.46. The molecule has 4 nitrogen and oxygen atoms in total. The Kier molecular flexibility index (Phi) is 4.59. The minimum absolute atomic E-state index is 0.263. The number of carbonyl (C=O) groups excluding carboxylic acids is 1. The van der Waals surface area contributed by atoms with Gasteiger partial charge >= 0.3 is 0 Å². The molecule has 0 saturated carbocycles. The van der Waals surface area contributed by atoms with Crippen LogP contribution in [0.3, 0.4) is 0 Å². The van der Waals surface area contributed by atoms with Crippen molar-refractivity contribution in [2.45, 2.75) is 6.42 Å². The van der Waals surface area contributed by atoms with Crippen molar-refractivity contribution in [1.82, 2.24) is 10.2 Å². The van der Waals surface area contributed by atoms with Gasteiger partial charge in [-0.1, -0.05) is 18.2 Å². The van der Waals surface area contributed by atoms with Gasteiger partial charge in [0.15, 0.2) is 0 Å². The molecule has 0 unspecified atom stereocenters. The number of carbonyl (C=O) groups is 1. The van der Waals surface area contributed by atoms with E-state index in [1.807, 2.05) is 30.1 Å². The molecule has 0 spiro atoms. The summed E-state index contributed by atoms with van der Waals surface area (Å²) in [5.41, 5.74) is 1.16. The summed E-state index contributed by atoms with van der Waals surface area (Å²) in [6.45, 7) is 4.29. The third-order valence-electron chi connectivity index (χ3n) is 3.33. The number of nitrogens with zero attached hydrogens (tertiary/aromatic N) is 2. The maximum atomic E-state index is 12.0. The molecule has 2 rings (SSSR count). The maximum absolute atomic E-state index is 12.0. The van der Waals surface area contributed by atoms with Gasteiger partial charge in [-0.15, -0.1) is 0 Å². The number of hydrogen-bond donors (Lipinski definition) is 1. The highest BCUT2D eigenvalue weighted by Gasteiger charge is 2.16. The molecule has 0 bridgehead atoms. The monoisotopic (exact) mass is 247 g/mol. The Bertz CT molecular complexity index is 374. The van der Waals surface area contributed by atoms with Crippen LogP contribution in [0.2, 0.25) is 0 Å². The minimum Gasteiger partial charge on any atom is -0.374 e. The summed E-state index contributed by atoms with van der Waals surface area (Å²) >= 11 is 0. The molecule has 1 aromatic rings. The normalized spacial score (nSPS) is 15.5. The smallest absolute Gasteiger partial charge is 0.224 e. The molecule has 18 heavy (non-hydrogen) atoms. The van der Waals surface area contributed by atoms with E-state index in [9.17, 15) is 4.79 Å². The third-order valence-corrected chi connectivity index (χ3v) is 3.33. The minimum atomic E-state index is 0.263. The number of para-hydroxylation sites is 1. The van der Waals surface area contributed by atoms with Crippen LogP contribution in [0.25, 0.3) is 0 Å². The summed E-state index contributed by atoms with van der Waals surface area (Å²) in [5.74, 6) is 0.263. The van der Waals surface area contributed by atoms with Crippen LogP contribution < -0.4 is 10.2 Å². The van der Waals surface area contributed by atoms with Gasteiger partial charge in [0.1, 0.15) is 0 Å². The Morgan fingerprint density at radius 1 is 1.28 bits per heavy atom. The molecule has 1 fully saturated rings. The Hall–Kier alpha value is -1.55. The predicted molar refractivity (Wildman–Crippen MR) is 73.8 cm³/mol. The van der Waals surface area contributed by atoms with Crippen molar-refractivity contribution < 1.29 is 4.79 Å². The number of nitrogens with one attached hydrogen (secondary N) is 1. The zero-order valence-corrected chi connectivity index (χ0v) is 10.9. The first-order chi connectivity index (χ1) is 8.77. The van der Waals surface area contributed by atoms with E-state index >= 15 is 0 Å².